The molecule has 168 valence electrons. The van der Waals surface area contributed by atoms with Gasteiger partial charge in [-0.3, -0.25) is 24.0 Å². The second-order valence-corrected chi connectivity index (χ2v) is 5.05. The van der Waals surface area contributed by atoms with Gasteiger partial charge >= 0.3 is 5.97 Å². The van der Waals surface area contributed by atoms with E-state index in [-0.39, 0.29) is 5.97 Å². The Kier molecular flexibility index (Phi) is 41.6. The molecule has 0 atom stereocenters. The minimum Gasteiger partial charge on any atom is -0.481 e. The van der Waals surface area contributed by atoms with Crippen LogP contribution < -0.4 is 0 Å². The Balaban J connectivity index is -0.0000000910. The van der Waals surface area contributed by atoms with Crippen molar-refractivity contribution in [3.63, 3.8) is 0 Å². The van der Waals surface area contributed by atoms with E-state index in [0.29, 0.717) is 13.0 Å². The fourth-order valence-corrected chi connectivity index (χ4v) is 1.11. The minimum atomic E-state index is -0.833. The molecule has 0 rings (SSSR count). The average molecular weight is 412 g/mol. The smallest absolute Gasteiger partial charge is 0.305 e. The number of carbonyl (C=O) groups excluding carboxylic acids is 1. The molecule has 0 aliphatic rings. The summed E-state index contributed by atoms with van der Waals surface area (Å²) in [7, 11) is 0. The summed E-state index contributed by atoms with van der Waals surface area (Å²) in [5.41, 5.74) is 0. The fraction of sp³-hybridized carbons (Fsp3) is 0.722. The number of carbonyl (C=O) groups is 5. The van der Waals surface area contributed by atoms with Crippen molar-refractivity contribution >= 4 is 29.8 Å². The van der Waals surface area contributed by atoms with Gasteiger partial charge in [0.25, 0.3) is 23.9 Å². The van der Waals surface area contributed by atoms with Crippen LogP contribution in [-0.4, -0.2) is 56.9 Å². The number of esters is 1. The molecule has 4 N–H and O–H groups in total. The van der Waals surface area contributed by atoms with E-state index in [4.69, 9.17) is 44.3 Å². The van der Waals surface area contributed by atoms with E-state index in [1.165, 1.54) is 19.3 Å². The number of unbranched alkanes of at least 4 members (excludes halogenated alkanes) is 4. The van der Waals surface area contributed by atoms with E-state index in [9.17, 15) is 4.79 Å². The molecule has 28 heavy (non-hydrogen) atoms. The summed E-state index contributed by atoms with van der Waals surface area (Å²) in [5.74, 6) is -3.38. The lowest BCUT2D eigenvalue weighted by molar-refractivity contribution is -0.143. The average Bonchev–Trinajstić information content (AvgIpc) is 2.45. The summed E-state index contributed by atoms with van der Waals surface area (Å²) < 4.78 is 4.81. The molecule has 0 unspecified atom stereocenters. The van der Waals surface area contributed by atoms with Crippen LogP contribution in [0.4, 0.5) is 0 Å². The molecule has 0 aliphatic carbocycles. The third kappa shape index (κ3) is 216. The summed E-state index contributed by atoms with van der Waals surface area (Å²) in [5, 5.41) is 29.7. The van der Waals surface area contributed by atoms with Crippen molar-refractivity contribution in [3.05, 3.63) is 0 Å². The van der Waals surface area contributed by atoms with Gasteiger partial charge in [0, 0.05) is 34.1 Å². The van der Waals surface area contributed by atoms with Gasteiger partial charge in [-0.15, -0.1) is 0 Å². The summed E-state index contributed by atoms with van der Waals surface area (Å²) in [4.78, 5) is 46.9. The van der Waals surface area contributed by atoms with Crippen LogP contribution in [0.25, 0.3) is 0 Å². The van der Waals surface area contributed by atoms with Gasteiger partial charge in [0.05, 0.1) is 6.61 Å². The van der Waals surface area contributed by atoms with Gasteiger partial charge in [-0.25, -0.2) is 0 Å². The molecule has 0 spiro atoms. The van der Waals surface area contributed by atoms with Crippen LogP contribution in [0.3, 0.4) is 0 Å². The van der Waals surface area contributed by atoms with Crippen molar-refractivity contribution in [3.8, 4) is 0 Å². The largest absolute Gasteiger partial charge is 0.481 e. The van der Waals surface area contributed by atoms with Crippen molar-refractivity contribution < 1.29 is 49.1 Å². The molecule has 0 aliphatic heterocycles. The van der Waals surface area contributed by atoms with Crippen molar-refractivity contribution in [2.45, 2.75) is 80.1 Å². The van der Waals surface area contributed by atoms with E-state index < -0.39 is 23.9 Å². The third-order valence-electron chi connectivity index (χ3n) is 1.79. The van der Waals surface area contributed by atoms with Crippen LogP contribution in [0, 0.1) is 0 Å². The first-order chi connectivity index (χ1) is 12.7. The summed E-state index contributed by atoms with van der Waals surface area (Å²) in [6, 6.07) is 0. The van der Waals surface area contributed by atoms with Crippen LogP contribution in [0.15, 0.2) is 0 Å². The van der Waals surface area contributed by atoms with E-state index in [2.05, 4.69) is 6.92 Å². The molecule has 0 amide bonds. The van der Waals surface area contributed by atoms with E-state index >= 15 is 0 Å². The number of carboxylic acid groups (broad SMARTS) is 4. The zero-order valence-electron chi connectivity index (χ0n) is 17.7. The third-order valence-corrected chi connectivity index (χ3v) is 1.79. The van der Waals surface area contributed by atoms with Gasteiger partial charge in [-0.1, -0.05) is 32.6 Å². The molecule has 0 radical (unpaired) electrons. The SMILES string of the molecule is CC(=O)O.CC(=O)O.CC(=O)O.CC(=O)O.CCCCCCCC(=O)OCC. The lowest BCUT2D eigenvalue weighted by atomic mass is 10.1. The van der Waals surface area contributed by atoms with Crippen LogP contribution in [0.1, 0.15) is 80.1 Å². The highest BCUT2D eigenvalue weighted by Gasteiger charge is 1.99. The van der Waals surface area contributed by atoms with Gasteiger partial charge < -0.3 is 25.2 Å². The van der Waals surface area contributed by atoms with Crippen LogP contribution in [0.2, 0.25) is 0 Å². The molecule has 0 aromatic heterocycles. The second kappa shape index (κ2) is 32.1. The number of carboxylic acids is 4. The van der Waals surface area contributed by atoms with Gasteiger partial charge in [-0.2, -0.15) is 0 Å². The highest BCUT2D eigenvalue weighted by atomic mass is 16.5. The number of rotatable bonds is 7. The zero-order valence-corrected chi connectivity index (χ0v) is 17.7. The van der Waals surface area contributed by atoms with Crippen molar-refractivity contribution in [2.24, 2.45) is 0 Å². The quantitative estimate of drug-likeness (QED) is 0.358. The number of ether oxygens (including phenoxy) is 1. The van der Waals surface area contributed by atoms with Gasteiger partial charge in [0.1, 0.15) is 0 Å². The predicted molar refractivity (Wildman–Crippen MR) is 103 cm³/mol. The van der Waals surface area contributed by atoms with Gasteiger partial charge in [0.15, 0.2) is 0 Å². The van der Waals surface area contributed by atoms with Crippen molar-refractivity contribution in [2.75, 3.05) is 6.61 Å². The molecule has 0 aromatic rings. The number of hydrogen-bond acceptors (Lipinski definition) is 6. The molecule has 0 bridgehead atoms. The van der Waals surface area contributed by atoms with E-state index in [0.717, 1.165) is 40.5 Å². The summed E-state index contributed by atoms with van der Waals surface area (Å²) in [6.45, 7) is 8.87. The topological polar surface area (TPSA) is 175 Å². The first-order valence-electron chi connectivity index (χ1n) is 8.68. The molecule has 10 nitrogen and oxygen atoms in total. The lowest BCUT2D eigenvalue weighted by Gasteiger charge is -2.00. The Morgan fingerprint density at radius 1 is 0.607 bits per heavy atom. The molecule has 0 heterocycles. The predicted octanol–water partition coefficient (Wildman–Crippen LogP) is 3.27. The van der Waals surface area contributed by atoms with Crippen LogP contribution in [0.5, 0.6) is 0 Å². The standard InChI is InChI=1S/C10H20O2.4C2H4O2/c1-3-5-6-7-8-9-10(11)12-4-2;4*1-2(3)4/h3-9H2,1-2H3;4*1H3,(H,3,4). The lowest BCUT2D eigenvalue weighted by Crippen LogP contribution is -2.02. The zero-order chi connectivity index (χ0) is 23.5. The van der Waals surface area contributed by atoms with Crippen LogP contribution >= 0.6 is 0 Å². The highest BCUT2D eigenvalue weighted by Crippen LogP contribution is 2.05. The Labute approximate surface area is 166 Å². The highest BCUT2D eigenvalue weighted by molar-refractivity contribution is 5.69. The van der Waals surface area contributed by atoms with Gasteiger partial charge in [-0.05, 0) is 13.3 Å². The Bertz CT molecular complexity index is 341. The molecule has 0 fully saturated rings. The monoisotopic (exact) mass is 412 g/mol. The number of hydrogen-bond donors (Lipinski definition) is 4. The Hall–Kier alpha value is -2.65. The Morgan fingerprint density at radius 2 is 0.893 bits per heavy atom. The molecule has 0 saturated carbocycles. The number of aliphatic carboxylic acids is 4. The molecule has 10 heteroatoms. The normalized spacial score (nSPS) is 7.79. The van der Waals surface area contributed by atoms with Crippen molar-refractivity contribution in [1.29, 1.82) is 0 Å². The van der Waals surface area contributed by atoms with Gasteiger partial charge in [0.2, 0.25) is 0 Å². The minimum absolute atomic E-state index is 0.0472. The van der Waals surface area contributed by atoms with Crippen LogP contribution in [-0.2, 0) is 28.7 Å². The molecule has 0 aromatic carbocycles. The maximum atomic E-state index is 10.9. The maximum Gasteiger partial charge on any atom is 0.305 e. The molecular formula is C18H36O10. The first kappa shape index (κ1) is 36.3. The maximum absolute atomic E-state index is 10.9. The molecular weight excluding hydrogens is 376 g/mol. The van der Waals surface area contributed by atoms with E-state index in [1.54, 1.807) is 0 Å². The second-order valence-electron chi connectivity index (χ2n) is 5.05. The first-order valence-corrected chi connectivity index (χ1v) is 8.68. The summed E-state index contributed by atoms with van der Waals surface area (Å²) >= 11 is 0. The molecule has 0 saturated heterocycles. The summed E-state index contributed by atoms with van der Waals surface area (Å²) in [6.07, 6.45) is 6.52. The fourth-order valence-electron chi connectivity index (χ4n) is 1.11. The van der Waals surface area contributed by atoms with E-state index in [1.807, 2.05) is 6.92 Å². The Morgan fingerprint density at radius 3 is 1.14 bits per heavy atom. The van der Waals surface area contributed by atoms with Crippen molar-refractivity contribution in [1.82, 2.24) is 0 Å².